The van der Waals surface area contributed by atoms with Gasteiger partial charge in [0, 0.05) is 15.2 Å². The van der Waals surface area contributed by atoms with Crippen LogP contribution in [0.5, 0.6) is 0 Å². The molecule has 17 heavy (non-hydrogen) atoms. The van der Waals surface area contributed by atoms with E-state index in [4.69, 9.17) is 5.73 Å². The van der Waals surface area contributed by atoms with Crippen LogP contribution in [0, 0.1) is 5.92 Å². The zero-order valence-electron chi connectivity index (χ0n) is 9.66. The normalized spacial score (nSPS) is 18.9. The second kappa shape index (κ2) is 4.71. The Morgan fingerprint density at radius 3 is 2.82 bits per heavy atom. The lowest BCUT2D eigenvalue weighted by Crippen LogP contribution is -2.18. The number of rotatable bonds is 2. The summed E-state index contributed by atoms with van der Waals surface area (Å²) in [6.07, 6.45) is 5.30. The van der Waals surface area contributed by atoms with Gasteiger partial charge in [-0.2, -0.15) is 0 Å². The fourth-order valence-corrected chi connectivity index (χ4v) is 4.54. The van der Waals surface area contributed by atoms with E-state index in [1.165, 1.54) is 45.8 Å². The summed E-state index contributed by atoms with van der Waals surface area (Å²) in [4.78, 5) is 0. The van der Waals surface area contributed by atoms with Gasteiger partial charge in [0.1, 0.15) is 0 Å². The highest BCUT2D eigenvalue weighted by atomic mass is 79.9. The van der Waals surface area contributed by atoms with Crippen LogP contribution in [0.25, 0.3) is 10.1 Å². The summed E-state index contributed by atoms with van der Waals surface area (Å²) in [6, 6.07) is 6.62. The van der Waals surface area contributed by atoms with Crippen LogP contribution in [0.4, 0.5) is 0 Å². The van der Waals surface area contributed by atoms with Gasteiger partial charge in [-0.15, -0.1) is 11.3 Å². The quantitative estimate of drug-likeness (QED) is 0.843. The molecule has 1 aromatic heterocycles. The maximum atomic E-state index is 6.45. The molecule has 90 valence electrons. The van der Waals surface area contributed by atoms with E-state index in [2.05, 4.69) is 39.5 Å². The van der Waals surface area contributed by atoms with Gasteiger partial charge in [-0.25, -0.2) is 0 Å². The van der Waals surface area contributed by atoms with Crippen molar-refractivity contribution in [3.63, 3.8) is 0 Å². The average molecular weight is 310 g/mol. The van der Waals surface area contributed by atoms with Gasteiger partial charge in [-0.1, -0.05) is 25.0 Å². The van der Waals surface area contributed by atoms with E-state index < -0.39 is 0 Å². The monoisotopic (exact) mass is 309 g/mol. The molecule has 2 N–H and O–H groups in total. The lowest BCUT2D eigenvalue weighted by atomic mass is 9.92. The third-order valence-corrected chi connectivity index (χ3v) is 5.82. The Kier molecular flexibility index (Phi) is 3.24. The molecule has 1 heterocycles. The molecule has 1 saturated carbocycles. The third-order valence-electron chi connectivity index (χ3n) is 3.85. The molecule has 1 nitrogen and oxygen atoms in total. The molecule has 0 saturated heterocycles. The summed E-state index contributed by atoms with van der Waals surface area (Å²) in [7, 11) is 0. The summed E-state index contributed by atoms with van der Waals surface area (Å²) in [6.45, 7) is 0. The second-order valence-corrected chi connectivity index (χ2v) is 6.61. The van der Waals surface area contributed by atoms with Crippen LogP contribution in [0.15, 0.2) is 28.1 Å². The number of thiophene rings is 1. The maximum absolute atomic E-state index is 6.45. The Bertz CT molecular complexity index is 528. The van der Waals surface area contributed by atoms with Crippen LogP contribution in [0.3, 0.4) is 0 Å². The maximum Gasteiger partial charge on any atom is 0.0488 e. The third kappa shape index (κ3) is 2.05. The molecule has 3 heteroatoms. The van der Waals surface area contributed by atoms with Crippen LogP contribution in [-0.2, 0) is 0 Å². The van der Waals surface area contributed by atoms with Crippen LogP contribution in [-0.4, -0.2) is 0 Å². The van der Waals surface area contributed by atoms with Gasteiger partial charge in [-0.3, -0.25) is 0 Å². The molecular formula is C14H16BrNS. The Morgan fingerprint density at radius 2 is 2.06 bits per heavy atom. The first-order valence-corrected chi connectivity index (χ1v) is 7.86. The van der Waals surface area contributed by atoms with Crippen molar-refractivity contribution in [2.75, 3.05) is 0 Å². The molecule has 1 fully saturated rings. The van der Waals surface area contributed by atoms with Gasteiger partial charge in [0.25, 0.3) is 0 Å². The molecule has 1 aliphatic carbocycles. The van der Waals surface area contributed by atoms with Gasteiger partial charge < -0.3 is 5.73 Å². The van der Waals surface area contributed by atoms with Gasteiger partial charge >= 0.3 is 0 Å². The van der Waals surface area contributed by atoms with Crippen molar-refractivity contribution in [1.82, 2.24) is 0 Å². The van der Waals surface area contributed by atoms with Crippen LogP contribution in [0.2, 0.25) is 0 Å². The van der Waals surface area contributed by atoms with E-state index in [1.54, 1.807) is 11.3 Å². The molecule has 1 aromatic carbocycles. The molecule has 0 amide bonds. The van der Waals surface area contributed by atoms with Crippen molar-refractivity contribution < 1.29 is 0 Å². The number of nitrogens with two attached hydrogens (primary N) is 1. The minimum atomic E-state index is 0.223. The Hall–Kier alpha value is -0.380. The molecule has 1 aliphatic rings. The minimum absolute atomic E-state index is 0.223. The fourth-order valence-electron chi connectivity index (χ4n) is 2.87. The molecule has 0 radical (unpaired) electrons. The number of hydrogen-bond acceptors (Lipinski definition) is 2. The summed E-state index contributed by atoms with van der Waals surface area (Å²) in [5, 5.41) is 3.59. The standard InChI is InChI=1S/C14H16BrNS/c15-12-7-3-6-10-11(8-17-14(10)12)13(16)9-4-1-2-5-9/h3,6-9,13H,1-2,4-5,16H2. The van der Waals surface area contributed by atoms with E-state index in [9.17, 15) is 0 Å². The number of fused-ring (bicyclic) bond motifs is 1. The zero-order valence-corrected chi connectivity index (χ0v) is 12.1. The topological polar surface area (TPSA) is 26.0 Å². The highest BCUT2D eigenvalue weighted by molar-refractivity contribution is 9.10. The summed E-state index contributed by atoms with van der Waals surface area (Å²) >= 11 is 5.41. The van der Waals surface area contributed by atoms with Gasteiger partial charge in [0.15, 0.2) is 0 Å². The van der Waals surface area contributed by atoms with Crippen LogP contribution >= 0.6 is 27.3 Å². The Balaban J connectivity index is 2.02. The largest absolute Gasteiger partial charge is 0.324 e. The molecule has 1 atom stereocenters. The lowest BCUT2D eigenvalue weighted by Gasteiger charge is -2.18. The fraction of sp³-hybridized carbons (Fsp3) is 0.429. The van der Waals surface area contributed by atoms with Crippen molar-refractivity contribution in [2.45, 2.75) is 31.7 Å². The van der Waals surface area contributed by atoms with Crippen LogP contribution in [0.1, 0.15) is 37.3 Å². The highest BCUT2D eigenvalue weighted by Gasteiger charge is 2.25. The van der Waals surface area contributed by atoms with Gasteiger partial charge in [-0.05, 0) is 57.1 Å². The predicted octanol–water partition coefficient (Wildman–Crippen LogP) is 4.85. The second-order valence-electron chi connectivity index (χ2n) is 4.88. The summed E-state index contributed by atoms with van der Waals surface area (Å²) < 4.78 is 2.51. The van der Waals surface area contributed by atoms with E-state index >= 15 is 0 Å². The number of hydrogen-bond donors (Lipinski definition) is 1. The van der Waals surface area contributed by atoms with Gasteiger partial charge in [0.2, 0.25) is 0 Å². The first-order valence-electron chi connectivity index (χ1n) is 6.18. The molecular weight excluding hydrogens is 294 g/mol. The van der Waals surface area contributed by atoms with Crippen molar-refractivity contribution in [2.24, 2.45) is 11.7 Å². The predicted molar refractivity (Wildman–Crippen MR) is 78.4 cm³/mol. The average Bonchev–Trinajstić information content (AvgIpc) is 2.98. The molecule has 0 aliphatic heterocycles. The van der Waals surface area contributed by atoms with Gasteiger partial charge in [0.05, 0.1) is 0 Å². The SMILES string of the molecule is NC(c1csc2c(Br)cccc12)C1CCCC1. The molecule has 0 bridgehead atoms. The smallest absolute Gasteiger partial charge is 0.0488 e. The first-order chi connectivity index (χ1) is 8.27. The Morgan fingerprint density at radius 1 is 1.29 bits per heavy atom. The lowest BCUT2D eigenvalue weighted by molar-refractivity contribution is 0.448. The molecule has 1 unspecified atom stereocenters. The molecule has 0 spiro atoms. The van der Waals surface area contributed by atoms with E-state index in [0.717, 1.165) is 0 Å². The van der Waals surface area contributed by atoms with Crippen molar-refractivity contribution in [3.8, 4) is 0 Å². The van der Waals surface area contributed by atoms with E-state index in [1.807, 2.05) is 0 Å². The van der Waals surface area contributed by atoms with Crippen molar-refractivity contribution in [1.29, 1.82) is 0 Å². The van der Waals surface area contributed by atoms with Crippen LogP contribution < -0.4 is 5.73 Å². The van der Waals surface area contributed by atoms with E-state index in [-0.39, 0.29) is 6.04 Å². The summed E-state index contributed by atoms with van der Waals surface area (Å²) in [5.74, 6) is 0.687. The zero-order chi connectivity index (χ0) is 11.8. The molecule has 2 aromatic rings. The summed E-state index contributed by atoms with van der Waals surface area (Å²) in [5.41, 5.74) is 7.80. The first kappa shape index (κ1) is 11.7. The Labute approximate surface area is 114 Å². The minimum Gasteiger partial charge on any atom is -0.324 e. The number of halogens is 1. The van der Waals surface area contributed by atoms with Crippen molar-refractivity contribution in [3.05, 3.63) is 33.6 Å². The van der Waals surface area contributed by atoms with E-state index in [0.29, 0.717) is 5.92 Å². The molecule has 3 rings (SSSR count). The van der Waals surface area contributed by atoms with Crippen molar-refractivity contribution >= 4 is 37.4 Å². The number of benzene rings is 1. The highest BCUT2D eigenvalue weighted by Crippen LogP contribution is 2.40.